The lowest BCUT2D eigenvalue weighted by atomic mass is 10.3. The number of para-hydroxylation sites is 1. The first-order chi connectivity index (χ1) is 8.72. The molecular weight excluding hydrogens is 232 g/mol. The highest BCUT2D eigenvalue weighted by molar-refractivity contribution is 5.55. The molecule has 2 heterocycles. The maximum absolute atomic E-state index is 5.67. The molecule has 90 valence electrons. The molecule has 8 nitrogen and oxygen atoms in total. The van der Waals surface area contributed by atoms with Crippen LogP contribution < -0.4 is 16.8 Å². The number of benzene rings is 1. The SMILES string of the molecule is Nc1nc(N)n2nc(Nc3ccccc3)nc2n1. The number of fused-ring (bicyclic) bond motifs is 1. The highest BCUT2D eigenvalue weighted by atomic mass is 15.4. The van der Waals surface area contributed by atoms with Crippen LogP contribution in [0.1, 0.15) is 0 Å². The van der Waals surface area contributed by atoms with Crippen molar-refractivity contribution in [3.63, 3.8) is 0 Å². The van der Waals surface area contributed by atoms with Gasteiger partial charge in [-0.15, -0.1) is 5.10 Å². The minimum atomic E-state index is 0.0682. The van der Waals surface area contributed by atoms with Gasteiger partial charge in [-0.3, -0.25) is 0 Å². The molecule has 0 unspecified atom stereocenters. The number of hydrogen-bond acceptors (Lipinski definition) is 7. The Kier molecular flexibility index (Phi) is 2.19. The Morgan fingerprint density at radius 3 is 2.56 bits per heavy atom. The summed E-state index contributed by atoms with van der Waals surface area (Å²) in [5.74, 6) is 0.899. The Labute approximate surface area is 102 Å². The molecule has 0 amide bonds. The predicted molar refractivity (Wildman–Crippen MR) is 67.1 cm³/mol. The largest absolute Gasteiger partial charge is 0.368 e. The van der Waals surface area contributed by atoms with E-state index < -0.39 is 0 Å². The summed E-state index contributed by atoms with van der Waals surface area (Å²) in [6, 6.07) is 9.53. The van der Waals surface area contributed by atoms with Gasteiger partial charge >= 0.3 is 0 Å². The molecule has 0 spiro atoms. The van der Waals surface area contributed by atoms with Crippen LogP contribution in [0.3, 0.4) is 0 Å². The maximum Gasteiger partial charge on any atom is 0.260 e. The van der Waals surface area contributed by atoms with Crippen LogP contribution in [0.2, 0.25) is 0 Å². The second-order valence-corrected chi connectivity index (χ2v) is 3.58. The van der Waals surface area contributed by atoms with Gasteiger partial charge in [-0.05, 0) is 12.1 Å². The molecule has 0 saturated carbocycles. The van der Waals surface area contributed by atoms with Crippen LogP contribution in [0.5, 0.6) is 0 Å². The van der Waals surface area contributed by atoms with E-state index in [0.29, 0.717) is 11.7 Å². The smallest absolute Gasteiger partial charge is 0.260 e. The van der Waals surface area contributed by atoms with Gasteiger partial charge in [0.2, 0.25) is 17.8 Å². The highest BCUT2D eigenvalue weighted by Gasteiger charge is 2.09. The monoisotopic (exact) mass is 242 g/mol. The van der Waals surface area contributed by atoms with Gasteiger partial charge in [0.15, 0.2) is 0 Å². The lowest BCUT2D eigenvalue weighted by molar-refractivity contribution is 0.917. The topological polar surface area (TPSA) is 120 Å². The predicted octanol–water partition coefficient (Wildman–Crippen LogP) is 0.427. The zero-order valence-electron chi connectivity index (χ0n) is 9.28. The molecule has 18 heavy (non-hydrogen) atoms. The third kappa shape index (κ3) is 1.75. The maximum atomic E-state index is 5.67. The molecule has 0 radical (unpaired) electrons. The Morgan fingerprint density at radius 2 is 1.78 bits per heavy atom. The Hall–Kier alpha value is -2.90. The van der Waals surface area contributed by atoms with Crippen molar-refractivity contribution in [2.45, 2.75) is 0 Å². The van der Waals surface area contributed by atoms with E-state index in [9.17, 15) is 0 Å². The van der Waals surface area contributed by atoms with Crippen molar-refractivity contribution < 1.29 is 0 Å². The van der Waals surface area contributed by atoms with Gasteiger partial charge in [0.1, 0.15) is 0 Å². The summed E-state index contributed by atoms with van der Waals surface area (Å²) in [6.45, 7) is 0. The van der Waals surface area contributed by atoms with Crippen LogP contribution >= 0.6 is 0 Å². The minimum Gasteiger partial charge on any atom is -0.368 e. The molecule has 0 aliphatic carbocycles. The Bertz CT molecular complexity index is 690. The fourth-order valence-corrected chi connectivity index (χ4v) is 1.53. The molecule has 2 aromatic heterocycles. The molecule has 8 heteroatoms. The quantitative estimate of drug-likeness (QED) is 0.595. The number of rotatable bonds is 2. The molecule has 0 saturated heterocycles. The van der Waals surface area contributed by atoms with E-state index in [1.165, 1.54) is 4.52 Å². The fraction of sp³-hybridized carbons (Fsp3) is 0. The first kappa shape index (κ1) is 10.3. The van der Waals surface area contributed by atoms with E-state index in [1.807, 2.05) is 30.3 Å². The molecule has 0 bridgehead atoms. The summed E-state index contributed by atoms with van der Waals surface area (Å²) in [4.78, 5) is 11.9. The van der Waals surface area contributed by atoms with Crippen molar-refractivity contribution >= 4 is 29.3 Å². The first-order valence-corrected chi connectivity index (χ1v) is 5.20. The van der Waals surface area contributed by atoms with Gasteiger partial charge in [0.25, 0.3) is 5.78 Å². The summed E-state index contributed by atoms with van der Waals surface area (Å²) in [5.41, 5.74) is 12.0. The van der Waals surface area contributed by atoms with E-state index >= 15 is 0 Å². The van der Waals surface area contributed by atoms with E-state index in [2.05, 4.69) is 25.4 Å². The molecule has 0 atom stereocenters. The summed E-state index contributed by atoms with van der Waals surface area (Å²) < 4.78 is 1.32. The van der Waals surface area contributed by atoms with E-state index in [4.69, 9.17) is 11.5 Å². The average molecular weight is 242 g/mol. The normalized spacial score (nSPS) is 10.7. The van der Waals surface area contributed by atoms with Crippen molar-refractivity contribution in [3.05, 3.63) is 30.3 Å². The van der Waals surface area contributed by atoms with Crippen LogP contribution in [0.25, 0.3) is 5.78 Å². The van der Waals surface area contributed by atoms with Crippen molar-refractivity contribution in [3.8, 4) is 0 Å². The third-order valence-corrected chi connectivity index (χ3v) is 2.28. The molecule has 0 fully saturated rings. The zero-order chi connectivity index (χ0) is 12.5. The van der Waals surface area contributed by atoms with Gasteiger partial charge in [-0.1, -0.05) is 18.2 Å². The molecule has 5 N–H and O–H groups in total. The second kappa shape index (κ2) is 3.84. The van der Waals surface area contributed by atoms with E-state index in [0.717, 1.165) is 5.69 Å². The van der Waals surface area contributed by atoms with Crippen LogP contribution in [0.15, 0.2) is 30.3 Å². The zero-order valence-corrected chi connectivity index (χ0v) is 9.28. The Balaban J connectivity index is 2.01. The van der Waals surface area contributed by atoms with Gasteiger partial charge < -0.3 is 16.8 Å². The lowest BCUT2D eigenvalue weighted by Crippen LogP contribution is -2.07. The first-order valence-electron chi connectivity index (χ1n) is 5.20. The van der Waals surface area contributed by atoms with Crippen LogP contribution in [0.4, 0.5) is 23.5 Å². The second-order valence-electron chi connectivity index (χ2n) is 3.58. The summed E-state index contributed by atoms with van der Waals surface area (Å²) in [5, 5.41) is 7.17. The van der Waals surface area contributed by atoms with E-state index in [-0.39, 0.29) is 11.9 Å². The number of nitrogens with one attached hydrogen (secondary N) is 1. The molecular formula is C10H10N8. The molecule has 0 aliphatic rings. The molecule has 0 aliphatic heterocycles. The minimum absolute atomic E-state index is 0.0682. The fourth-order valence-electron chi connectivity index (χ4n) is 1.53. The molecule has 3 rings (SSSR count). The van der Waals surface area contributed by atoms with Crippen LogP contribution in [-0.2, 0) is 0 Å². The van der Waals surface area contributed by atoms with Crippen molar-refractivity contribution in [2.24, 2.45) is 0 Å². The number of aromatic nitrogens is 5. The van der Waals surface area contributed by atoms with E-state index in [1.54, 1.807) is 0 Å². The summed E-state index contributed by atoms with van der Waals surface area (Å²) in [7, 11) is 0. The van der Waals surface area contributed by atoms with Crippen molar-refractivity contribution in [1.82, 2.24) is 24.6 Å². The third-order valence-electron chi connectivity index (χ3n) is 2.28. The molecule has 3 aromatic rings. The summed E-state index contributed by atoms with van der Waals surface area (Å²) >= 11 is 0. The van der Waals surface area contributed by atoms with Gasteiger partial charge in [0, 0.05) is 5.69 Å². The highest BCUT2D eigenvalue weighted by Crippen LogP contribution is 2.14. The number of anilines is 4. The van der Waals surface area contributed by atoms with Crippen molar-refractivity contribution in [2.75, 3.05) is 16.8 Å². The van der Waals surface area contributed by atoms with Crippen LogP contribution in [-0.4, -0.2) is 24.6 Å². The average Bonchev–Trinajstić information content (AvgIpc) is 2.73. The van der Waals surface area contributed by atoms with Gasteiger partial charge in [-0.2, -0.15) is 19.5 Å². The van der Waals surface area contributed by atoms with Crippen LogP contribution in [0, 0.1) is 0 Å². The molecule has 1 aromatic carbocycles. The van der Waals surface area contributed by atoms with Crippen molar-refractivity contribution in [1.29, 1.82) is 0 Å². The van der Waals surface area contributed by atoms with Gasteiger partial charge in [-0.25, -0.2) is 0 Å². The standard InChI is InChI=1S/C10H10N8/c11-7-14-8(12)18-10(15-7)16-9(17-18)13-6-4-2-1-3-5-6/h1-5H,(H5,11,12,13,14,15,16,17). The lowest BCUT2D eigenvalue weighted by Gasteiger charge is -1.99. The Morgan fingerprint density at radius 1 is 1.00 bits per heavy atom. The number of nitrogens with two attached hydrogens (primary N) is 2. The number of nitrogen functional groups attached to an aromatic ring is 2. The summed E-state index contributed by atoms with van der Waals surface area (Å²) in [6.07, 6.45) is 0. The van der Waals surface area contributed by atoms with Gasteiger partial charge in [0.05, 0.1) is 0 Å². The number of hydrogen-bond donors (Lipinski definition) is 3. The number of nitrogens with zero attached hydrogens (tertiary/aromatic N) is 5.